The van der Waals surface area contributed by atoms with Crippen molar-refractivity contribution in [2.24, 2.45) is 0 Å². The summed E-state index contributed by atoms with van der Waals surface area (Å²) < 4.78 is 0. The first-order valence-corrected chi connectivity index (χ1v) is 13.8. The third-order valence-electron chi connectivity index (χ3n) is 6.67. The molecule has 0 heterocycles. The van der Waals surface area contributed by atoms with Gasteiger partial charge in [-0.15, -0.1) is 0 Å². The highest BCUT2D eigenvalue weighted by atomic mass is 16.3. The van der Waals surface area contributed by atoms with Gasteiger partial charge in [0.25, 0.3) is 0 Å². The quantitative estimate of drug-likeness (QED) is 0.161. The summed E-state index contributed by atoms with van der Waals surface area (Å²) in [5.41, 5.74) is 2.19. The van der Waals surface area contributed by atoms with E-state index >= 15 is 0 Å². The van der Waals surface area contributed by atoms with E-state index in [0.29, 0.717) is 12.3 Å². The molecule has 0 aromatic heterocycles. The Balaban J connectivity index is 2.26. The minimum absolute atomic E-state index is 0.0337. The molecule has 2 unspecified atom stereocenters. The topological polar surface area (TPSA) is 84.8 Å². The van der Waals surface area contributed by atoms with Crippen LogP contribution in [-0.4, -0.2) is 53.7 Å². The lowest BCUT2D eigenvalue weighted by atomic mass is 9.85. The Morgan fingerprint density at radius 1 is 0.853 bits per heavy atom. The second-order valence-electron chi connectivity index (χ2n) is 10.9. The predicted molar refractivity (Wildman–Crippen MR) is 145 cm³/mol. The summed E-state index contributed by atoms with van der Waals surface area (Å²) in [6.45, 7) is 11.0. The van der Waals surface area contributed by atoms with Crippen molar-refractivity contribution in [3.05, 3.63) is 29.3 Å². The number of nitrogens with one attached hydrogen (secondary N) is 2. The molecule has 5 N–H and O–H groups in total. The maximum Gasteiger partial charge on any atom is 0.119 e. The normalized spacial score (nSPS) is 13.8. The van der Waals surface area contributed by atoms with E-state index < -0.39 is 0 Å². The molecule has 5 heteroatoms. The average molecular weight is 479 g/mol. The van der Waals surface area contributed by atoms with Crippen molar-refractivity contribution in [1.82, 2.24) is 10.6 Å². The van der Waals surface area contributed by atoms with Gasteiger partial charge in [-0.3, -0.25) is 0 Å². The molecule has 1 rings (SSSR count). The van der Waals surface area contributed by atoms with Crippen LogP contribution >= 0.6 is 0 Å². The number of unbranched alkanes of at least 4 members (excludes halogenated alkanes) is 7. The number of aromatic hydroxyl groups is 1. The fourth-order valence-electron chi connectivity index (χ4n) is 4.55. The number of phenols is 1. The van der Waals surface area contributed by atoms with Gasteiger partial charge in [0.1, 0.15) is 5.75 Å². The molecule has 5 nitrogen and oxygen atoms in total. The predicted octanol–water partition coefficient (Wildman–Crippen LogP) is 5.44. The van der Waals surface area contributed by atoms with Crippen LogP contribution in [0.4, 0.5) is 0 Å². The Morgan fingerprint density at radius 2 is 1.53 bits per heavy atom. The molecule has 198 valence electrons. The third kappa shape index (κ3) is 13.7. The first-order chi connectivity index (χ1) is 16.3. The molecule has 0 amide bonds. The molecular formula is C29H54N2O3. The summed E-state index contributed by atoms with van der Waals surface area (Å²) in [5.74, 6) is 0.418. The van der Waals surface area contributed by atoms with Crippen LogP contribution in [0.25, 0.3) is 0 Å². The van der Waals surface area contributed by atoms with Crippen LogP contribution in [0.15, 0.2) is 18.2 Å². The van der Waals surface area contributed by atoms with Crippen LogP contribution in [0.3, 0.4) is 0 Å². The highest BCUT2D eigenvalue weighted by Gasteiger charge is 2.19. The molecule has 0 aliphatic carbocycles. The Bertz CT molecular complexity index is 630. The van der Waals surface area contributed by atoms with Gasteiger partial charge in [0, 0.05) is 25.7 Å². The Morgan fingerprint density at radius 3 is 2.21 bits per heavy atom. The summed E-state index contributed by atoms with van der Waals surface area (Å²) in [6, 6.07) is 6.33. The lowest BCUT2D eigenvalue weighted by Gasteiger charge is -2.24. The van der Waals surface area contributed by atoms with Gasteiger partial charge in [-0.1, -0.05) is 91.2 Å². The first kappa shape index (κ1) is 30.9. The van der Waals surface area contributed by atoms with Gasteiger partial charge in [-0.2, -0.15) is 0 Å². The molecular weight excluding hydrogens is 424 g/mol. The molecule has 0 spiro atoms. The van der Waals surface area contributed by atoms with Crippen LogP contribution in [0, 0.1) is 0 Å². The van der Waals surface area contributed by atoms with Crippen molar-refractivity contribution < 1.29 is 15.3 Å². The molecule has 34 heavy (non-hydrogen) atoms. The smallest absolute Gasteiger partial charge is 0.119 e. The number of benzene rings is 1. The van der Waals surface area contributed by atoms with Gasteiger partial charge >= 0.3 is 0 Å². The van der Waals surface area contributed by atoms with E-state index in [1.165, 1.54) is 44.1 Å². The van der Waals surface area contributed by atoms with E-state index in [4.69, 9.17) is 5.11 Å². The zero-order valence-electron chi connectivity index (χ0n) is 22.5. The summed E-state index contributed by atoms with van der Waals surface area (Å²) in [7, 11) is 0. The van der Waals surface area contributed by atoms with E-state index in [2.05, 4.69) is 50.5 Å². The van der Waals surface area contributed by atoms with Gasteiger partial charge in [-0.25, -0.2) is 0 Å². The second-order valence-corrected chi connectivity index (χ2v) is 10.9. The molecule has 0 aliphatic rings. The Kier molecular flexibility index (Phi) is 16.5. The van der Waals surface area contributed by atoms with Crippen LogP contribution < -0.4 is 10.6 Å². The molecule has 1 aromatic rings. The van der Waals surface area contributed by atoms with E-state index in [0.717, 1.165) is 57.2 Å². The molecule has 2 atom stereocenters. The summed E-state index contributed by atoms with van der Waals surface area (Å²) >= 11 is 0. The van der Waals surface area contributed by atoms with Gasteiger partial charge in [0.15, 0.2) is 0 Å². The third-order valence-corrected chi connectivity index (χ3v) is 6.67. The van der Waals surface area contributed by atoms with Crippen molar-refractivity contribution in [3.63, 3.8) is 0 Å². The SMILES string of the molecule is CCCCCCC(NCCNCCO)C(O)CCCCCCCc1ccc(C(C)(C)C)c(O)c1. The molecule has 0 bridgehead atoms. The summed E-state index contributed by atoms with van der Waals surface area (Å²) in [5, 5.41) is 36.7. The number of aliphatic hydroxyl groups excluding tert-OH is 2. The number of rotatable bonds is 20. The van der Waals surface area contributed by atoms with Crippen LogP contribution in [0.1, 0.15) is 109 Å². The van der Waals surface area contributed by atoms with Crippen molar-refractivity contribution in [2.75, 3.05) is 26.2 Å². The fourth-order valence-corrected chi connectivity index (χ4v) is 4.55. The second kappa shape index (κ2) is 18.2. The zero-order valence-corrected chi connectivity index (χ0v) is 22.5. The van der Waals surface area contributed by atoms with Crippen LogP contribution in [-0.2, 0) is 11.8 Å². The molecule has 0 aliphatic heterocycles. The molecule has 0 saturated carbocycles. The number of hydrogen-bond donors (Lipinski definition) is 5. The molecule has 0 radical (unpaired) electrons. The van der Waals surface area contributed by atoms with E-state index in [9.17, 15) is 10.2 Å². The lowest BCUT2D eigenvalue weighted by Crippen LogP contribution is -2.43. The minimum atomic E-state index is -0.288. The number of aryl methyl sites for hydroxylation is 1. The van der Waals surface area contributed by atoms with Crippen molar-refractivity contribution >= 4 is 0 Å². The summed E-state index contributed by atoms with van der Waals surface area (Å²) in [6.07, 6.45) is 13.3. The van der Waals surface area contributed by atoms with Crippen LogP contribution in [0.5, 0.6) is 5.75 Å². The lowest BCUT2D eigenvalue weighted by molar-refractivity contribution is 0.109. The van der Waals surface area contributed by atoms with Gasteiger partial charge in [0.2, 0.25) is 0 Å². The van der Waals surface area contributed by atoms with Gasteiger partial charge in [0.05, 0.1) is 12.7 Å². The average Bonchev–Trinajstić information content (AvgIpc) is 2.78. The van der Waals surface area contributed by atoms with Crippen molar-refractivity contribution in [3.8, 4) is 5.75 Å². The highest BCUT2D eigenvalue weighted by molar-refractivity contribution is 5.40. The molecule has 0 fully saturated rings. The number of aliphatic hydroxyl groups is 2. The van der Waals surface area contributed by atoms with Gasteiger partial charge in [-0.05, 0) is 48.3 Å². The molecule has 1 aromatic carbocycles. The zero-order chi connectivity index (χ0) is 25.2. The van der Waals surface area contributed by atoms with Crippen molar-refractivity contribution in [1.29, 1.82) is 0 Å². The van der Waals surface area contributed by atoms with E-state index in [-0.39, 0.29) is 24.2 Å². The number of phenolic OH excluding ortho intramolecular Hbond substituents is 1. The van der Waals surface area contributed by atoms with Gasteiger partial charge < -0.3 is 26.0 Å². The minimum Gasteiger partial charge on any atom is -0.508 e. The summed E-state index contributed by atoms with van der Waals surface area (Å²) in [4.78, 5) is 0. The monoisotopic (exact) mass is 478 g/mol. The first-order valence-electron chi connectivity index (χ1n) is 13.8. The van der Waals surface area contributed by atoms with Crippen LogP contribution in [0.2, 0.25) is 0 Å². The maximum atomic E-state index is 10.8. The van der Waals surface area contributed by atoms with Crippen molar-refractivity contribution in [2.45, 2.75) is 122 Å². The fraction of sp³-hybridized carbons (Fsp3) is 0.793. The maximum absolute atomic E-state index is 10.8. The van der Waals surface area contributed by atoms with E-state index in [1.54, 1.807) is 0 Å². The number of hydrogen-bond acceptors (Lipinski definition) is 5. The Labute approximate surface area is 209 Å². The largest absolute Gasteiger partial charge is 0.508 e. The highest BCUT2D eigenvalue weighted by Crippen LogP contribution is 2.31. The molecule has 0 saturated heterocycles. The Hall–Kier alpha value is -1.14. The standard InChI is InChI=1S/C29H54N2O3/c1-5-6-7-12-15-26(31-20-19-30-21-22-32)27(33)16-13-10-8-9-11-14-24-17-18-25(28(34)23-24)29(2,3)4/h17-18,23,26-27,30-34H,5-16,19-22H2,1-4H3. The van der Waals surface area contributed by atoms with E-state index in [1.807, 2.05) is 6.07 Å².